The molecule has 102 valence electrons. The average Bonchev–Trinajstić information content (AvgIpc) is 2.12. The maximum atomic E-state index is 12.6. The zero-order valence-electron chi connectivity index (χ0n) is 7.61. The van der Waals surface area contributed by atoms with Crippen LogP contribution in [0.3, 0.4) is 0 Å². The molecule has 0 saturated heterocycles. The van der Waals surface area contributed by atoms with Crippen LogP contribution in [0.5, 0.6) is 0 Å². The fraction of sp³-hybridized carbons (Fsp3) is 0.833. The fourth-order valence-electron chi connectivity index (χ4n) is 0.508. The van der Waals surface area contributed by atoms with Gasteiger partial charge in [-0.25, -0.2) is 22.4 Å². The van der Waals surface area contributed by atoms with Crippen LogP contribution in [0.2, 0.25) is 0 Å². The zero-order valence-corrected chi connectivity index (χ0v) is 7.61. The number of carbonyl (C=O) groups is 1. The maximum absolute atomic E-state index is 12.6. The van der Waals surface area contributed by atoms with Gasteiger partial charge in [0.1, 0.15) is 0 Å². The van der Waals surface area contributed by atoms with Gasteiger partial charge in [0.2, 0.25) is 0 Å². The highest BCUT2D eigenvalue weighted by Crippen LogP contribution is 2.40. The Labute approximate surface area is 88.3 Å². The third-order valence-corrected chi connectivity index (χ3v) is 1.23. The Hall–Kier alpha value is -1.29. The molecule has 1 atom stereocenters. The van der Waals surface area contributed by atoms with E-state index in [1.165, 1.54) is 0 Å². The lowest BCUT2D eigenvalue weighted by Gasteiger charge is -2.25. The van der Waals surface area contributed by atoms with E-state index in [0.717, 1.165) is 0 Å². The first kappa shape index (κ1) is 15.7. The van der Waals surface area contributed by atoms with Crippen molar-refractivity contribution in [2.45, 2.75) is 24.9 Å². The Kier molecular flexibility index (Phi) is 4.95. The molecule has 0 saturated carbocycles. The van der Waals surface area contributed by atoms with Crippen molar-refractivity contribution in [1.82, 2.24) is 0 Å². The van der Waals surface area contributed by atoms with Gasteiger partial charge in [0, 0.05) is 0 Å². The molecule has 3 nitrogen and oxygen atoms in total. The van der Waals surface area contributed by atoms with E-state index in [9.17, 15) is 39.9 Å². The molecule has 17 heavy (non-hydrogen) atoms. The minimum atomic E-state index is -6.23. The summed E-state index contributed by atoms with van der Waals surface area (Å²) in [5, 5.41) is 0. The largest absolute Gasteiger partial charge is 0.511 e. The van der Waals surface area contributed by atoms with E-state index in [4.69, 9.17) is 0 Å². The number of rotatable bonds is 4. The van der Waals surface area contributed by atoms with Crippen molar-refractivity contribution in [2.24, 2.45) is 0 Å². The van der Waals surface area contributed by atoms with Crippen molar-refractivity contribution < 1.29 is 49.4 Å². The number of carbonyl (C=O) groups excluding carboxylic acids is 1. The number of hydrogen-bond donors (Lipinski definition) is 0. The smallest absolute Gasteiger partial charge is 0.428 e. The molecule has 0 rings (SSSR count). The molecular formula is C6H4F8O3. The van der Waals surface area contributed by atoms with Crippen LogP contribution in [-0.2, 0) is 9.47 Å². The van der Waals surface area contributed by atoms with Crippen molar-refractivity contribution in [3.63, 3.8) is 0 Å². The van der Waals surface area contributed by atoms with Crippen LogP contribution in [0.1, 0.15) is 0 Å². The first-order chi connectivity index (χ1) is 7.50. The lowest BCUT2D eigenvalue weighted by Crippen LogP contribution is -2.51. The van der Waals surface area contributed by atoms with Gasteiger partial charge >= 0.3 is 24.6 Å². The molecule has 0 radical (unpaired) electrons. The minimum absolute atomic E-state index is 1.71. The second-order valence-corrected chi connectivity index (χ2v) is 2.50. The molecule has 11 heteroatoms. The molecule has 1 unspecified atom stereocenters. The summed E-state index contributed by atoms with van der Waals surface area (Å²) in [5.74, 6) is -5.60. The Morgan fingerprint density at radius 2 is 1.53 bits per heavy atom. The number of alkyl halides is 8. The van der Waals surface area contributed by atoms with E-state index in [1.54, 1.807) is 0 Å². The van der Waals surface area contributed by atoms with Gasteiger partial charge in [0.05, 0.1) is 0 Å². The Bertz CT molecular complexity index is 264. The topological polar surface area (TPSA) is 35.5 Å². The monoisotopic (exact) mass is 276 g/mol. The van der Waals surface area contributed by atoms with Crippen LogP contribution in [0.15, 0.2) is 0 Å². The molecule has 0 aliphatic heterocycles. The quantitative estimate of drug-likeness (QED) is 0.585. The first-order valence-electron chi connectivity index (χ1n) is 3.68. The lowest BCUT2D eigenvalue weighted by molar-refractivity contribution is -0.353. The second kappa shape index (κ2) is 5.36. The predicted octanol–water partition coefficient (Wildman–Crippen LogP) is 2.90. The fourth-order valence-corrected chi connectivity index (χ4v) is 0.508. The molecule has 0 bridgehead atoms. The van der Waals surface area contributed by atoms with Gasteiger partial charge in [-0.1, -0.05) is 0 Å². The second-order valence-electron chi connectivity index (χ2n) is 2.50. The molecule has 0 aliphatic rings. The molecule has 0 spiro atoms. The minimum Gasteiger partial charge on any atom is -0.428 e. The van der Waals surface area contributed by atoms with Crippen molar-refractivity contribution in [1.29, 1.82) is 0 Å². The Morgan fingerprint density at radius 3 is 1.82 bits per heavy atom. The van der Waals surface area contributed by atoms with Gasteiger partial charge in [-0.3, -0.25) is 0 Å². The van der Waals surface area contributed by atoms with Crippen LogP contribution >= 0.6 is 0 Å². The molecule has 0 aromatic carbocycles. The summed E-state index contributed by atoms with van der Waals surface area (Å²) >= 11 is 0. The Balaban J connectivity index is 4.63. The van der Waals surface area contributed by atoms with E-state index in [-0.39, 0.29) is 0 Å². The van der Waals surface area contributed by atoms with Crippen LogP contribution in [0, 0.1) is 0 Å². The number of ether oxygens (including phenoxy) is 2. The summed E-state index contributed by atoms with van der Waals surface area (Å²) < 4.78 is 100. The van der Waals surface area contributed by atoms with Crippen molar-refractivity contribution in [2.75, 3.05) is 6.61 Å². The normalized spacial score (nSPS) is 15.9. The average molecular weight is 276 g/mol. The van der Waals surface area contributed by atoms with Crippen LogP contribution < -0.4 is 0 Å². The van der Waals surface area contributed by atoms with Gasteiger partial charge in [-0.15, -0.1) is 0 Å². The molecular weight excluding hydrogens is 272 g/mol. The van der Waals surface area contributed by atoms with E-state index >= 15 is 0 Å². The summed E-state index contributed by atoms with van der Waals surface area (Å²) in [6.07, 6.45) is -16.9. The maximum Gasteiger partial charge on any atom is 0.511 e. The summed E-state index contributed by atoms with van der Waals surface area (Å²) in [7, 11) is 0. The standard InChI is InChI=1S/C6H4F8O3/c7-2(8)1-16-4(15)17-5(11,3(9)10)6(12,13)14/h2-3H,1H2. The van der Waals surface area contributed by atoms with Gasteiger partial charge in [0.25, 0.3) is 6.43 Å². The van der Waals surface area contributed by atoms with E-state index in [1.807, 2.05) is 0 Å². The molecule has 0 fully saturated rings. The Morgan fingerprint density at radius 1 is 1.06 bits per heavy atom. The SMILES string of the molecule is O=C(OCC(F)F)OC(F)(C(F)F)C(F)(F)F. The molecule has 0 amide bonds. The van der Waals surface area contributed by atoms with E-state index in [2.05, 4.69) is 9.47 Å². The number of hydrogen-bond acceptors (Lipinski definition) is 3. The van der Waals surface area contributed by atoms with Crippen molar-refractivity contribution >= 4 is 6.16 Å². The zero-order chi connectivity index (χ0) is 13.9. The third kappa shape index (κ3) is 4.23. The van der Waals surface area contributed by atoms with Gasteiger partial charge in [-0.2, -0.15) is 17.6 Å². The molecule has 0 aliphatic carbocycles. The van der Waals surface area contributed by atoms with Crippen LogP contribution in [-0.4, -0.2) is 37.6 Å². The molecule has 0 N–H and O–H groups in total. The highest BCUT2D eigenvalue weighted by Gasteiger charge is 2.67. The summed E-state index contributed by atoms with van der Waals surface area (Å²) in [6, 6.07) is 0. The van der Waals surface area contributed by atoms with Gasteiger partial charge in [0.15, 0.2) is 6.61 Å². The summed E-state index contributed by atoms with van der Waals surface area (Å²) in [4.78, 5) is 10.3. The highest BCUT2D eigenvalue weighted by atomic mass is 19.4. The first-order valence-corrected chi connectivity index (χ1v) is 3.68. The molecule has 0 aromatic rings. The summed E-state index contributed by atoms with van der Waals surface area (Å²) in [6.45, 7) is -1.71. The predicted molar refractivity (Wildman–Crippen MR) is 34.3 cm³/mol. The molecule has 0 heterocycles. The van der Waals surface area contributed by atoms with Gasteiger partial charge < -0.3 is 9.47 Å². The van der Waals surface area contributed by atoms with E-state index < -0.39 is 37.6 Å². The molecule has 0 aromatic heterocycles. The summed E-state index contributed by atoms with van der Waals surface area (Å²) in [5.41, 5.74) is 0. The van der Waals surface area contributed by atoms with Crippen LogP contribution in [0.4, 0.5) is 39.9 Å². The number of halogens is 8. The lowest BCUT2D eigenvalue weighted by atomic mass is 10.3. The van der Waals surface area contributed by atoms with Crippen molar-refractivity contribution in [3.05, 3.63) is 0 Å². The van der Waals surface area contributed by atoms with Crippen molar-refractivity contribution in [3.8, 4) is 0 Å². The third-order valence-electron chi connectivity index (χ3n) is 1.23. The van der Waals surface area contributed by atoms with E-state index in [0.29, 0.717) is 0 Å². The van der Waals surface area contributed by atoms with Gasteiger partial charge in [-0.05, 0) is 0 Å². The van der Waals surface area contributed by atoms with Crippen LogP contribution in [0.25, 0.3) is 0 Å². The highest BCUT2D eigenvalue weighted by molar-refractivity contribution is 5.60.